The highest BCUT2D eigenvalue weighted by atomic mass is 16.5. The molecule has 5 heteroatoms. The summed E-state index contributed by atoms with van der Waals surface area (Å²) in [5.41, 5.74) is 2.05. The van der Waals surface area contributed by atoms with E-state index in [0.717, 1.165) is 17.7 Å². The molecule has 2 aromatic carbocycles. The van der Waals surface area contributed by atoms with E-state index in [9.17, 15) is 9.59 Å². The summed E-state index contributed by atoms with van der Waals surface area (Å²) in [6.45, 7) is 4.32. The summed E-state index contributed by atoms with van der Waals surface area (Å²) in [4.78, 5) is 26.8. The van der Waals surface area contributed by atoms with Gasteiger partial charge in [0, 0.05) is 12.2 Å². The lowest BCUT2D eigenvalue weighted by molar-refractivity contribution is -0.136. The van der Waals surface area contributed by atoms with Gasteiger partial charge < -0.3 is 14.4 Å². The molecule has 1 aliphatic rings. The Morgan fingerprint density at radius 1 is 1.07 bits per heavy atom. The molecule has 3 rings (SSSR count). The molecular formula is C23H23NO4. The van der Waals surface area contributed by atoms with Crippen molar-refractivity contribution in [3.8, 4) is 11.5 Å². The molecule has 0 atom stereocenters. The molecule has 2 aromatic rings. The number of rotatable bonds is 6. The van der Waals surface area contributed by atoms with Crippen molar-refractivity contribution in [1.82, 2.24) is 4.90 Å². The Labute approximate surface area is 164 Å². The van der Waals surface area contributed by atoms with Crippen LogP contribution in [0.4, 0.5) is 0 Å². The fraction of sp³-hybridized carbons (Fsp3) is 0.217. The first kappa shape index (κ1) is 19.4. The minimum Gasteiger partial charge on any atom is -0.465 e. The van der Waals surface area contributed by atoms with Gasteiger partial charge in [0.15, 0.2) is 0 Å². The maximum absolute atomic E-state index is 12.9. The molecule has 144 valence electrons. The summed E-state index contributed by atoms with van der Waals surface area (Å²) in [6, 6.07) is 16.9. The topological polar surface area (TPSA) is 55.8 Å². The summed E-state index contributed by atoms with van der Waals surface area (Å²) >= 11 is 0. The fourth-order valence-corrected chi connectivity index (χ4v) is 3.18. The molecular weight excluding hydrogens is 354 g/mol. The normalized spacial score (nSPS) is 15.3. The predicted octanol–water partition coefficient (Wildman–Crippen LogP) is 4.56. The molecule has 0 saturated carbocycles. The van der Waals surface area contributed by atoms with Crippen LogP contribution in [-0.4, -0.2) is 30.4 Å². The third-order valence-corrected chi connectivity index (χ3v) is 4.50. The predicted molar refractivity (Wildman–Crippen MR) is 108 cm³/mol. The standard InChI is InChI=1S/C23H23NO4/c1-4-13-24-16(2)21(23(26)27-3)20(22(24)25)15-17-9-8-12-19(14-17)28-18-10-6-5-7-11-18/h5-12,14-15H,4,13H2,1-3H3/b20-15-. The van der Waals surface area contributed by atoms with Crippen molar-refractivity contribution in [2.24, 2.45) is 0 Å². The van der Waals surface area contributed by atoms with E-state index in [1.165, 1.54) is 7.11 Å². The van der Waals surface area contributed by atoms with Crippen molar-refractivity contribution in [3.63, 3.8) is 0 Å². The lowest BCUT2D eigenvalue weighted by Crippen LogP contribution is -2.25. The number of benzene rings is 2. The Morgan fingerprint density at radius 3 is 2.46 bits per heavy atom. The minimum atomic E-state index is -0.507. The van der Waals surface area contributed by atoms with Crippen molar-refractivity contribution >= 4 is 18.0 Å². The van der Waals surface area contributed by atoms with E-state index >= 15 is 0 Å². The Bertz CT molecular complexity index is 944. The molecule has 0 unspecified atom stereocenters. The second-order valence-corrected chi connectivity index (χ2v) is 6.45. The van der Waals surface area contributed by atoms with E-state index in [1.54, 1.807) is 17.9 Å². The molecule has 0 bridgehead atoms. The maximum atomic E-state index is 12.9. The van der Waals surface area contributed by atoms with Crippen LogP contribution in [0.15, 0.2) is 71.4 Å². The molecule has 0 saturated heterocycles. The molecule has 5 nitrogen and oxygen atoms in total. The van der Waals surface area contributed by atoms with Crippen LogP contribution in [0.3, 0.4) is 0 Å². The number of hydrogen-bond donors (Lipinski definition) is 0. The summed E-state index contributed by atoms with van der Waals surface area (Å²) in [6.07, 6.45) is 2.51. The number of ether oxygens (including phenoxy) is 2. The average molecular weight is 377 g/mol. The van der Waals surface area contributed by atoms with Crippen LogP contribution < -0.4 is 4.74 Å². The molecule has 0 fully saturated rings. The van der Waals surface area contributed by atoms with Crippen LogP contribution in [0.1, 0.15) is 25.8 Å². The Hall–Kier alpha value is -3.34. The Balaban J connectivity index is 1.96. The lowest BCUT2D eigenvalue weighted by Gasteiger charge is -2.16. The number of methoxy groups -OCH3 is 1. The van der Waals surface area contributed by atoms with Gasteiger partial charge in [0.05, 0.1) is 18.3 Å². The van der Waals surface area contributed by atoms with Crippen LogP contribution in [-0.2, 0) is 14.3 Å². The number of carbonyl (C=O) groups is 2. The monoisotopic (exact) mass is 377 g/mol. The highest BCUT2D eigenvalue weighted by molar-refractivity contribution is 6.16. The summed E-state index contributed by atoms with van der Waals surface area (Å²) < 4.78 is 10.8. The second-order valence-electron chi connectivity index (χ2n) is 6.45. The van der Waals surface area contributed by atoms with Crippen molar-refractivity contribution in [2.75, 3.05) is 13.7 Å². The number of amides is 1. The molecule has 1 heterocycles. The fourth-order valence-electron chi connectivity index (χ4n) is 3.18. The molecule has 0 aliphatic carbocycles. The van der Waals surface area contributed by atoms with E-state index in [-0.39, 0.29) is 5.91 Å². The molecule has 0 radical (unpaired) electrons. The quantitative estimate of drug-likeness (QED) is 0.547. The largest absolute Gasteiger partial charge is 0.465 e. The zero-order valence-corrected chi connectivity index (χ0v) is 16.3. The first-order chi connectivity index (χ1) is 13.5. The van der Waals surface area contributed by atoms with Gasteiger partial charge in [-0.15, -0.1) is 0 Å². The van der Waals surface area contributed by atoms with Gasteiger partial charge >= 0.3 is 5.97 Å². The van der Waals surface area contributed by atoms with E-state index in [0.29, 0.717) is 29.1 Å². The maximum Gasteiger partial charge on any atom is 0.340 e. The third kappa shape index (κ3) is 3.98. The van der Waals surface area contributed by atoms with Crippen molar-refractivity contribution in [2.45, 2.75) is 20.3 Å². The van der Waals surface area contributed by atoms with Crippen molar-refractivity contribution < 1.29 is 19.1 Å². The smallest absolute Gasteiger partial charge is 0.340 e. The second kappa shape index (κ2) is 8.57. The van der Waals surface area contributed by atoms with Crippen LogP contribution in [0.5, 0.6) is 11.5 Å². The Morgan fingerprint density at radius 2 is 1.79 bits per heavy atom. The van der Waals surface area contributed by atoms with E-state index in [1.807, 2.05) is 61.5 Å². The van der Waals surface area contributed by atoms with Crippen LogP contribution in [0.25, 0.3) is 6.08 Å². The first-order valence-electron chi connectivity index (χ1n) is 9.21. The van der Waals surface area contributed by atoms with Crippen molar-refractivity contribution in [1.29, 1.82) is 0 Å². The summed E-state index contributed by atoms with van der Waals surface area (Å²) in [5, 5.41) is 0. The van der Waals surface area contributed by atoms with Gasteiger partial charge in [-0.3, -0.25) is 4.79 Å². The van der Waals surface area contributed by atoms with E-state index < -0.39 is 5.97 Å². The zero-order valence-electron chi connectivity index (χ0n) is 16.3. The number of allylic oxidation sites excluding steroid dienone is 1. The van der Waals surface area contributed by atoms with Gasteiger partial charge in [-0.25, -0.2) is 4.79 Å². The molecule has 0 spiro atoms. The summed E-state index contributed by atoms with van der Waals surface area (Å²) in [7, 11) is 1.32. The van der Waals surface area contributed by atoms with Crippen molar-refractivity contribution in [3.05, 3.63) is 77.0 Å². The third-order valence-electron chi connectivity index (χ3n) is 4.50. The van der Waals surface area contributed by atoms with Gasteiger partial charge in [0.1, 0.15) is 11.5 Å². The SMILES string of the molecule is CCCN1C(=O)/C(=C\c2cccc(Oc3ccccc3)c2)C(C(=O)OC)=C1C. The average Bonchev–Trinajstić information content (AvgIpc) is 2.93. The number of nitrogens with zero attached hydrogens (tertiary/aromatic N) is 1. The first-order valence-corrected chi connectivity index (χ1v) is 9.21. The van der Waals surface area contributed by atoms with Gasteiger partial charge in [-0.2, -0.15) is 0 Å². The highest BCUT2D eigenvalue weighted by Crippen LogP contribution is 2.32. The highest BCUT2D eigenvalue weighted by Gasteiger charge is 2.36. The van der Waals surface area contributed by atoms with Crippen LogP contribution >= 0.6 is 0 Å². The molecule has 1 amide bonds. The molecule has 0 N–H and O–H groups in total. The van der Waals surface area contributed by atoms with Crippen LogP contribution in [0.2, 0.25) is 0 Å². The summed E-state index contributed by atoms with van der Waals surface area (Å²) in [5.74, 6) is 0.683. The lowest BCUT2D eigenvalue weighted by atomic mass is 10.0. The minimum absolute atomic E-state index is 0.186. The van der Waals surface area contributed by atoms with Crippen LogP contribution in [0, 0.1) is 0 Å². The van der Waals surface area contributed by atoms with E-state index in [4.69, 9.17) is 9.47 Å². The van der Waals surface area contributed by atoms with Gasteiger partial charge in [0.2, 0.25) is 0 Å². The van der Waals surface area contributed by atoms with Gasteiger partial charge in [0.25, 0.3) is 5.91 Å². The number of para-hydroxylation sites is 1. The van der Waals surface area contributed by atoms with Gasteiger partial charge in [-0.05, 0) is 49.2 Å². The Kier molecular flexibility index (Phi) is 5.94. The van der Waals surface area contributed by atoms with Gasteiger partial charge in [-0.1, -0.05) is 37.3 Å². The molecule has 28 heavy (non-hydrogen) atoms. The molecule has 0 aromatic heterocycles. The number of hydrogen-bond acceptors (Lipinski definition) is 4. The zero-order chi connectivity index (χ0) is 20.1. The molecule has 1 aliphatic heterocycles. The number of carbonyl (C=O) groups excluding carboxylic acids is 2. The van der Waals surface area contributed by atoms with E-state index in [2.05, 4.69) is 0 Å². The number of esters is 1.